The second-order valence-electron chi connectivity index (χ2n) is 4.00. The van der Waals surface area contributed by atoms with E-state index in [2.05, 4.69) is 21.2 Å². The fourth-order valence-electron chi connectivity index (χ4n) is 1.62. The second kappa shape index (κ2) is 5.95. The highest BCUT2D eigenvalue weighted by Crippen LogP contribution is 2.21. The minimum absolute atomic E-state index is 0.103. The molecule has 98 valence electrons. The molecule has 1 atom stereocenters. The van der Waals surface area contributed by atoms with Crippen molar-refractivity contribution in [3.05, 3.63) is 64.4 Å². The van der Waals surface area contributed by atoms with Gasteiger partial charge in [-0.05, 0) is 23.8 Å². The van der Waals surface area contributed by atoms with Gasteiger partial charge in [-0.25, -0.2) is 4.39 Å². The van der Waals surface area contributed by atoms with Gasteiger partial charge in [0.25, 0.3) is 0 Å². The van der Waals surface area contributed by atoms with Crippen LogP contribution in [0.1, 0.15) is 11.6 Å². The Kier molecular flexibility index (Phi) is 4.29. The highest BCUT2D eigenvalue weighted by molar-refractivity contribution is 9.10. The molecule has 0 spiro atoms. The van der Waals surface area contributed by atoms with Gasteiger partial charge in [0.15, 0.2) is 0 Å². The van der Waals surface area contributed by atoms with Gasteiger partial charge in [-0.2, -0.15) is 0 Å². The summed E-state index contributed by atoms with van der Waals surface area (Å²) >= 11 is 3.22. The third-order valence-electron chi connectivity index (χ3n) is 2.63. The molecule has 0 saturated heterocycles. The number of carbonyl (C=O) groups excluding carboxylic acids is 1. The van der Waals surface area contributed by atoms with E-state index in [-0.39, 0.29) is 5.69 Å². The highest BCUT2D eigenvalue weighted by Gasteiger charge is 2.17. The molecule has 0 bridgehead atoms. The van der Waals surface area contributed by atoms with Crippen LogP contribution in [0.2, 0.25) is 0 Å². The predicted molar refractivity (Wildman–Crippen MR) is 76.1 cm³/mol. The SMILES string of the molecule is N[C@H](C(=O)Nc1cc(Br)ccc1F)c1ccccc1. The third kappa shape index (κ3) is 3.39. The first-order valence-electron chi connectivity index (χ1n) is 5.64. The summed E-state index contributed by atoms with van der Waals surface area (Å²) in [6, 6.07) is 12.4. The third-order valence-corrected chi connectivity index (χ3v) is 3.12. The summed E-state index contributed by atoms with van der Waals surface area (Å²) in [7, 11) is 0. The Balaban J connectivity index is 2.15. The number of benzene rings is 2. The monoisotopic (exact) mass is 322 g/mol. The van der Waals surface area contributed by atoms with Crippen LogP contribution >= 0.6 is 15.9 Å². The van der Waals surface area contributed by atoms with Crippen molar-refractivity contribution in [2.24, 2.45) is 5.73 Å². The standard InChI is InChI=1S/C14H12BrFN2O/c15-10-6-7-11(16)12(8-10)18-14(19)13(17)9-4-2-1-3-5-9/h1-8,13H,17H2,(H,18,19)/t13-/m0/s1. The maximum Gasteiger partial charge on any atom is 0.245 e. The van der Waals surface area contributed by atoms with E-state index in [4.69, 9.17) is 5.73 Å². The zero-order chi connectivity index (χ0) is 13.8. The molecule has 0 saturated carbocycles. The summed E-state index contributed by atoms with van der Waals surface area (Å²) in [5, 5.41) is 2.48. The normalized spacial score (nSPS) is 11.9. The summed E-state index contributed by atoms with van der Waals surface area (Å²) in [5.74, 6) is -0.958. The Labute approximate surface area is 118 Å². The van der Waals surface area contributed by atoms with Crippen molar-refractivity contribution in [3.63, 3.8) is 0 Å². The van der Waals surface area contributed by atoms with Gasteiger partial charge < -0.3 is 11.1 Å². The Morgan fingerprint density at radius 2 is 1.89 bits per heavy atom. The summed E-state index contributed by atoms with van der Waals surface area (Å²) in [4.78, 5) is 12.0. The van der Waals surface area contributed by atoms with Crippen molar-refractivity contribution in [1.29, 1.82) is 0 Å². The zero-order valence-electron chi connectivity index (χ0n) is 9.94. The van der Waals surface area contributed by atoms with E-state index in [0.29, 0.717) is 10.0 Å². The first-order valence-corrected chi connectivity index (χ1v) is 6.43. The number of amides is 1. The van der Waals surface area contributed by atoms with Crippen molar-refractivity contribution in [3.8, 4) is 0 Å². The van der Waals surface area contributed by atoms with E-state index in [1.807, 2.05) is 6.07 Å². The first-order chi connectivity index (χ1) is 9.08. The zero-order valence-corrected chi connectivity index (χ0v) is 11.5. The number of nitrogens with two attached hydrogens (primary N) is 1. The van der Waals surface area contributed by atoms with Crippen molar-refractivity contribution < 1.29 is 9.18 Å². The van der Waals surface area contributed by atoms with E-state index < -0.39 is 17.8 Å². The average Bonchev–Trinajstić information content (AvgIpc) is 2.43. The molecule has 0 aliphatic carbocycles. The highest BCUT2D eigenvalue weighted by atomic mass is 79.9. The van der Waals surface area contributed by atoms with E-state index in [1.54, 1.807) is 30.3 Å². The van der Waals surface area contributed by atoms with Crippen molar-refractivity contribution >= 4 is 27.5 Å². The van der Waals surface area contributed by atoms with Crippen LogP contribution in [0, 0.1) is 5.82 Å². The average molecular weight is 323 g/mol. The van der Waals surface area contributed by atoms with Crippen LogP contribution in [0.15, 0.2) is 53.0 Å². The first kappa shape index (κ1) is 13.7. The molecule has 19 heavy (non-hydrogen) atoms. The minimum Gasteiger partial charge on any atom is -0.322 e. The van der Waals surface area contributed by atoms with E-state index in [9.17, 15) is 9.18 Å². The van der Waals surface area contributed by atoms with Gasteiger partial charge in [0.05, 0.1) is 5.69 Å². The van der Waals surface area contributed by atoms with Crippen molar-refractivity contribution in [1.82, 2.24) is 0 Å². The Morgan fingerprint density at radius 3 is 2.58 bits per heavy atom. The molecule has 0 aromatic heterocycles. The number of hydrogen-bond acceptors (Lipinski definition) is 2. The quantitative estimate of drug-likeness (QED) is 0.911. The molecule has 0 fully saturated rings. The lowest BCUT2D eigenvalue weighted by Crippen LogP contribution is -2.28. The number of carbonyl (C=O) groups is 1. The molecule has 0 aliphatic heterocycles. The van der Waals surface area contributed by atoms with Crippen LogP contribution in [0.3, 0.4) is 0 Å². The molecule has 0 aliphatic rings. The molecular formula is C14H12BrFN2O. The summed E-state index contributed by atoms with van der Waals surface area (Å²) in [6.07, 6.45) is 0. The van der Waals surface area contributed by atoms with Crippen LogP contribution in [-0.4, -0.2) is 5.91 Å². The molecular weight excluding hydrogens is 311 g/mol. The molecule has 5 heteroatoms. The molecule has 3 nitrogen and oxygen atoms in total. The lowest BCUT2D eigenvalue weighted by Gasteiger charge is -2.13. The van der Waals surface area contributed by atoms with E-state index in [1.165, 1.54) is 12.1 Å². The molecule has 2 aromatic carbocycles. The maximum atomic E-state index is 13.5. The molecule has 0 unspecified atom stereocenters. The number of hydrogen-bond donors (Lipinski definition) is 2. The Bertz CT molecular complexity index is 589. The van der Waals surface area contributed by atoms with Gasteiger partial charge in [-0.3, -0.25) is 4.79 Å². The molecule has 3 N–H and O–H groups in total. The topological polar surface area (TPSA) is 55.1 Å². The largest absolute Gasteiger partial charge is 0.322 e. The fourth-order valence-corrected chi connectivity index (χ4v) is 1.98. The second-order valence-corrected chi connectivity index (χ2v) is 4.92. The van der Waals surface area contributed by atoms with E-state index >= 15 is 0 Å². The van der Waals surface area contributed by atoms with Gasteiger partial charge in [0.1, 0.15) is 11.9 Å². The Hall–Kier alpha value is -1.72. The Morgan fingerprint density at radius 1 is 1.21 bits per heavy atom. The maximum absolute atomic E-state index is 13.5. The number of nitrogens with one attached hydrogen (secondary N) is 1. The van der Waals surface area contributed by atoms with Crippen LogP contribution < -0.4 is 11.1 Å². The summed E-state index contributed by atoms with van der Waals surface area (Å²) < 4.78 is 14.2. The fraction of sp³-hybridized carbons (Fsp3) is 0.0714. The lowest BCUT2D eigenvalue weighted by molar-refractivity contribution is -0.117. The molecule has 2 aromatic rings. The van der Waals surface area contributed by atoms with Crippen LogP contribution in [0.4, 0.5) is 10.1 Å². The van der Waals surface area contributed by atoms with Gasteiger partial charge in [-0.15, -0.1) is 0 Å². The molecule has 2 rings (SSSR count). The number of rotatable bonds is 3. The number of anilines is 1. The van der Waals surface area contributed by atoms with Crippen LogP contribution in [0.5, 0.6) is 0 Å². The predicted octanol–water partition coefficient (Wildman–Crippen LogP) is 3.23. The van der Waals surface area contributed by atoms with E-state index in [0.717, 1.165) is 0 Å². The van der Waals surface area contributed by atoms with Crippen molar-refractivity contribution in [2.45, 2.75) is 6.04 Å². The summed E-state index contributed by atoms with van der Waals surface area (Å²) in [6.45, 7) is 0. The van der Waals surface area contributed by atoms with Gasteiger partial charge in [-0.1, -0.05) is 46.3 Å². The number of halogens is 2. The van der Waals surface area contributed by atoms with Gasteiger partial charge in [0, 0.05) is 4.47 Å². The summed E-state index contributed by atoms with van der Waals surface area (Å²) in [5.41, 5.74) is 6.61. The van der Waals surface area contributed by atoms with Gasteiger partial charge >= 0.3 is 0 Å². The van der Waals surface area contributed by atoms with Gasteiger partial charge in [0.2, 0.25) is 5.91 Å². The van der Waals surface area contributed by atoms with Crippen molar-refractivity contribution in [2.75, 3.05) is 5.32 Å². The molecule has 0 radical (unpaired) electrons. The smallest absolute Gasteiger partial charge is 0.245 e. The van der Waals surface area contributed by atoms with Crippen LogP contribution in [-0.2, 0) is 4.79 Å². The molecule has 0 heterocycles. The minimum atomic E-state index is -0.834. The lowest BCUT2D eigenvalue weighted by atomic mass is 10.1. The van der Waals surface area contributed by atoms with Crippen LogP contribution in [0.25, 0.3) is 0 Å². The molecule has 1 amide bonds.